The number of hydrogen-bond donors (Lipinski definition) is 2. The number of nitrogens with zero attached hydrogens (tertiary/aromatic N) is 2. The molecular formula is C13H14BrIN4O2. The summed E-state index contributed by atoms with van der Waals surface area (Å²) < 4.78 is 12.4. The molecule has 2 aromatic rings. The van der Waals surface area contributed by atoms with Gasteiger partial charge in [-0.25, -0.2) is 10.4 Å². The SMILES string of the molecule is COc1cnc(C(NN)c2cc(I)ccc2Br)c(OC)n1. The van der Waals surface area contributed by atoms with Gasteiger partial charge in [0.25, 0.3) is 0 Å². The maximum absolute atomic E-state index is 5.72. The van der Waals surface area contributed by atoms with Crippen molar-refractivity contribution >= 4 is 38.5 Å². The van der Waals surface area contributed by atoms with E-state index in [1.807, 2.05) is 18.2 Å². The minimum Gasteiger partial charge on any atom is -0.480 e. The molecule has 0 saturated carbocycles. The molecule has 0 saturated heterocycles. The molecule has 1 aromatic heterocycles. The average Bonchev–Trinajstić information content (AvgIpc) is 2.51. The van der Waals surface area contributed by atoms with E-state index in [0.29, 0.717) is 17.5 Å². The smallest absolute Gasteiger partial charge is 0.240 e. The van der Waals surface area contributed by atoms with E-state index in [9.17, 15) is 0 Å². The first-order valence-electron chi connectivity index (χ1n) is 5.96. The lowest BCUT2D eigenvalue weighted by Gasteiger charge is -2.19. The van der Waals surface area contributed by atoms with Crippen LogP contribution in [0.5, 0.6) is 11.8 Å². The number of aromatic nitrogens is 2. The van der Waals surface area contributed by atoms with E-state index in [1.54, 1.807) is 0 Å². The summed E-state index contributed by atoms with van der Waals surface area (Å²) in [6.45, 7) is 0. The predicted octanol–water partition coefficient (Wildman–Crippen LogP) is 2.41. The van der Waals surface area contributed by atoms with E-state index in [2.05, 4.69) is 53.9 Å². The van der Waals surface area contributed by atoms with Crippen molar-refractivity contribution in [2.45, 2.75) is 6.04 Å². The summed E-state index contributed by atoms with van der Waals surface area (Å²) >= 11 is 5.77. The fourth-order valence-corrected chi connectivity index (χ4v) is 2.86. The predicted molar refractivity (Wildman–Crippen MR) is 91.2 cm³/mol. The second-order valence-electron chi connectivity index (χ2n) is 4.07. The van der Waals surface area contributed by atoms with Crippen molar-refractivity contribution in [3.05, 3.63) is 43.7 Å². The van der Waals surface area contributed by atoms with Crippen LogP contribution in [-0.4, -0.2) is 24.2 Å². The van der Waals surface area contributed by atoms with Gasteiger partial charge in [-0.05, 0) is 46.4 Å². The Hall–Kier alpha value is -0.970. The Kier molecular flexibility index (Phi) is 5.73. The molecular weight excluding hydrogens is 451 g/mol. The highest BCUT2D eigenvalue weighted by Crippen LogP contribution is 2.32. The summed E-state index contributed by atoms with van der Waals surface area (Å²) in [7, 11) is 3.06. The molecule has 1 unspecified atom stereocenters. The number of ether oxygens (including phenoxy) is 2. The first kappa shape index (κ1) is 16.4. The van der Waals surface area contributed by atoms with Crippen LogP contribution in [-0.2, 0) is 0 Å². The summed E-state index contributed by atoms with van der Waals surface area (Å²) in [6, 6.07) is 5.62. The van der Waals surface area contributed by atoms with E-state index in [1.165, 1.54) is 20.4 Å². The lowest BCUT2D eigenvalue weighted by molar-refractivity contribution is 0.352. The van der Waals surface area contributed by atoms with Crippen LogP contribution >= 0.6 is 38.5 Å². The van der Waals surface area contributed by atoms with Gasteiger partial charge < -0.3 is 9.47 Å². The van der Waals surface area contributed by atoms with Gasteiger partial charge >= 0.3 is 0 Å². The molecule has 1 aromatic carbocycles. The van der Waals surface area contributed by atoms with Crippen LogP contribution in [0.3, 0.4) is 0 Å². The summed E-state index contributed by atoms with van der Waals surface area (Å²) in [6.07, 6.45) is 1.53. The molecule has 0 spiro atoms. The Balaban J connectivity index is 2.53. The van der Waals surface area contributed by atoms with E-state index in [0.717, 1.165) is 13.6 Å². The van der Waals surface area contributed by atoms with Gasteiger partial charge in [-0.15, -0.1) is 0 Å². The summed E-state index contributed by atoms with van der Waals surface area (Å²) in [5, 5.41) is 0. The number of nitrogens with one attached hydrogen (secondary N) is 1. The zero-order chi connectivity index (χ0) is 15.4. The van der Waals surface area contributed by atoms with Gasteiger partial charge in [0, 0.05) is 8.04 Å². The van der Waals surface area contributed by atoms with Crippen molar-refractivity contribution in [3.8, 4) is 11.8 Å². The van der Waals surface area contributed by atoms with E-state index in [-0.39, 0.29) is 6.04 Å². The standard InChI is InChI=1S/C13H14BrIN4O2/c1-20-10-6-17-12(13(18-10)21-2)11(19-16)8-5-7(15)3-4-9(8)14/h3-6,11,19H,16H2,1-2H3. The van der Waals surface area contributed by atoms with Gasteiger partial charge in [-0.3, -0.25) is 5.84 Å². The molecule has 0 amide bonds. The molecule has 0 aliphatic heterocycles. The van der Waals surface area contributed by atoms with Gasteiger partial charge in [0.05, 0.1) is 26.5 Å². The number of halogens is 2. The fraction of sp³-hybridized carbons (Fsp3) is 0.231. The van der Waals surface area contributed by atoms with Crippen molar-refractivity contribution in [2.24, 2.45) is 5.84 Å². The van der Waals surface area contributed by atoms with Crippen LogP contribution in [0, 0.1) is 3.57 Å². The third-order valence-electron chi connectivity index (χ3n) is 2.86. The van der Waals surface area contributed by atoms with E-state index >= 15 is 0 Å². The molecule has 6 nitrogen and oxygen atoms in total. The molecule has 0 bridgehead atoms. The molecule has 1 atom stereocenters. The van der Waals surface area contributed by atoms with Crippen LogP contribution in [0.4, 0.5) is 0 Å². The second-order valence-corrected chi connectivity index (χ2v) is 6.17. The average molecular weight is 465 g/mol. The van der Waals surface area contributed by atoms with Crippen molar-refractivity contribution in [1.29, 1.82) is 0 Å². The highest BCUT2D eigenvalue weighted by atomic mass is 127. The van der Waals surface area contributed by atoms with Crippen LogP contribution < -0.4 is 20.7 Å². The zero-order valence-corrected chi connectivity index (χ0v) is 15.2. The Bertz CT molecular complexity index is 642. The molecule has 3 N–H and O–H groups in total. The summed E-state index contributed by atoms with van der Waals surface area (Å²) in [4.78, 5) is 8.60. The molecule has 1 heterocycles. The number of nitrogens with two attached hydrogens (primary N) is 1. The normalized spacial score (nSPS) is 12.0. The Morgan fingerprint density at radius 2 is 2.10 bits per heavy atom. The molecule has 8 heteroatoms. The maximum Gasteiger partial charge on any atom is 0.240 e. The Morgan fingerprint density at radius 3 is 2.71 bits per heavy atom. The highest BCUT2D eigenvalue weighted by Gasteiger charge is 2.22. The van der Waals surface area contributed by atoms with E-state index in [4.69, 9.17) is 15.3 Å². The quantitative estimate of drug-likeness (QED) is 0.401. The molecule has 0 radical (unpaired) electrons. The molecule has 2 rings (SSSR count). The molecule has 21 heavy (non-hydrogen) atoms. The zero-order valence-electron chi connectivity index (χ0n) is 11.4. The van der Waals surface area contributed by atoms with Gasteiger partial charge in [-0.1, -0.05) is 15.9 Å². The molecule has 0 aliphatic rings. The van der Waals surface area contributed by atoms with Crippen molar-refractivity contribution < 1.29 is 9.47 Å². The Labute approximate surface area is 144 Å². The van der Waals surface area contributed by atoms with Crippen molar-refractivity contribution in [1.82, 2.24) is 15.4 Å². The third-order valence-corrected chi connectivity index (χ3v) is 4.25. The van der Waals surface area contributed by atoms with Crippen molar-refractivity contribution in [3.63, 3.8) is 0 Å². The number of rotatable bonds is 5. The van der Waals surface area contributed by atoms with Crippen LogP contribution in [0.25, 0.3) is 0 Å². The minimum atomic E-state index is -0.359. The fourth-order valence-electron chi connectivity index (χ4n) is 1.86. The number of hydrazine groups is 1. The minimum absolute atomic E-state index is 0.359. The third kappa shape index (κ3) is 3.62. The number of methoxy groups -OCH3 is 2. The van der Waals surface area contributed by atoms with Gasteiger partial charge in [0.1, 0.15) is 5.69 Å². The first-order valence-corrected chi connectivity index (χ1v) is 7.83. The second kappa shape index (κ2) is 7.34. The maximum atomic E-state index is 5.72. The lowest BCUT2D eigenvalue weighted by atomic mass is 10.0. The number of benzene rings is 1. The highest BCUT2D eigenvalue weighted by molar-refractivity contribution is 14.1. The van der Waals surface area contributed by atoms with Gasteiger partial charge in [-0.2, -0.15) is 4.98 Å². The largest absolute Gasteiger partial charge is 0.480 e. The summed E-state index contributed by atoms with van der Waals surface area (Å²) in [5.41, 5.74) is 4.29. The van der Waals surface area contributed by atoms with E-state index < -0.39 is 0 Å². The molecule has 112 valence electrons. The summed E-state index contributed by atoms with van der Waals surface area (Å²) in [5.74, 6) is 6.47. The van der Waals surface area contributed by atoms with Gasteiger partial charge in [0.15, 0.2) is 0 Å². The first-order chi connectivity index (χ1) is 10.1. The Morgan fingerprint density at radius 1 is 1.33 bits per heavy atom. The monoisotopic (exact) mass is 464 g/mol. The molecule has 0 fully saturated rings. The van der Waals surface area contributed by atoms with Crippen LogP contribution in [0.2, 0.25) is 0 Å². The lowest BCUT2D eigenvalue weighted by Crippen LogP contribution is -2.30. The van der Waals surface area contributed by atoms with Crippen molar-refractivity contribution in [2.75, 3.05) is 14.2 Å². The number of hydrogen-bond acceptors (Lipinski definition) is 6. The van der Waals surface area contributed by atoms with Crippen LogP contribution in [0.15, 0.2) is 28.9 Å². The van der Waals surface area contributed by atoms with Gasteiger partial charge in [0.2, 0.25) is 11.8 Å². The molecule has 0 aliphatic carbocycles. The topological polar surface area (TPSA) is 82.3 Å². The van der Waals surface area contributed by atoms with Crippen LogP contribution in [0.1, 0.15) is 17.3 Å².